The molecule has 1 aromatic carbocycles. The van der Waals surface area contributed by atoms with Gasteiger partial charge in [-0.1, -0.05) is 45.0 Å². The number of thiocarbonyl (C=S) groups is 1. The number of esters is 1. The summed E-state index contributed by atoms with van der Waals surface area (Å²) < 4.78 is 4.93. The molecule has 1 aromatic heterocycles. The molecule has 168 valence electrons. The van der Waals surface area contributed by atoms with E-state index in [4.69, 9.17) is 17.0 Å². The first-order chi connectivity index (χ1) is 14.6. The summed E-state index contributed by atoms with van der Waals surface area (Å²) in [6.07, 6.45) is 0.834. The number of methoxy groups -OCH3 is 1. The number of carbonyl (C=O) groups excluding carboxylic acids is 2. The first-order valence-electron chi connectivity index (χ1n) is 10.2. The van der Waals surface area contributed by atoms with Crippen LogP contribution in [0, 0.1) is 6.92 Å². The first kappa shape index (κ1) is 24.8. The topological polar surface area (TPSA) is 70.7 Å². The van der Waals surface area contributed by atoms with Crippen molar-refractivity contribution in [3.63, 3.8) is 0 Å². The van der Waals surface area contributed by atoms with Gasteiger partial charge in [0.1, 0.15) is 5.00 Å². The van der Waals surface area contributed by atoms with Crippen molar-refractivity contribution in [3.05, 3.63) is 51.4 Å². The van der Waals surface area contributed by atoms with Crippen molar-refractivity contribution in [1.29, 1.82) is 0 Å². The molecule has 1 heterocycles. The number of carbonyl (C=O) groups is 2. The lowest BCUT2D eigenvalue weighted by molar-refractivity contribution is 0.0601. The van der Waals surface area contributed by atoms with Gasteiger partial charge in [0.2, 0.25) is 0 Å². The van der Waals surface area contributed by atoms with Gasteiger partial charge in [-0.05, 0) is 48.2 Å². The number of ether oxygens (including phenoxy) is 1. The Labute approximate surface area is 194 Å². The molecule has 2 aromatic rings. The third-order valence-electron chi connectivity index (χ3n) is 5.08. The number of hydrogen-bond acceptors (Lipinski definition) is 5. The van der Waals surface area contributed by atoms with Gasteiger partial charge in [-0.25, -0.2) is 4.79 Å². The van der Waals surface area contributed by atoms with Crippen LogP contribution in [-0.2, 0) is 4.74 Å². The van der Waals surface area contributed by atoms with E-state index < -0.39 is 5.97 Å². The quantitative estimate of drug-likeness (QED) is 0.441. The average molecular weight is 462 g/mol. The van der Waals surface area contributed by atoms with E-state index in [-0.39, 0.29) is 11.9 Å². The minimum Gasteiger partial charge on any atom is -0.465 e. The van der Waals surface area contributed by atoms with Crippen molar-refractivity contribution < 1.29 is 14.3 Å². The molecule has 1 amide bonds. The molecular weight excluding hydrogens is 430 g/mol. The second-order valence-electron chi connectivity index (χ2n) is 7.83. The Morgan fingerprint density at radius 2 is 1.74 bits per heavy atom. The molecule has 0 radical (unpaired) electrons. The maximum Gasteiger partial charge on any atom is 0.341 e. The second-order valence-corrected chi connectivity index (χ2v) is 9.26. The molecule has 0 spiro atoms. The van der Waals surface area contributed by atoms with E-state index in [0.29, 0.717) is 32.0 Å². The third kappa shape index (κ3) is 5.83. The molecule has 0 bridgehead atoms. The van der Waals surface area contributed by atoms with Crippen LogP contribution in [0.2, 0.25) is 0 Å². The highest BCUT2D eigenvalue weighted by molar-refractivity contribution is 7.80. The Kier molecular flexibility index (Phi) is 8.59. The maximum absolute atomic E-state index is 12.5. The number of amides is 1. The van der Waals surface area contributed by atoms with E-state index in [9.17, 15) is 9.59 Å². The summed E-state index contributed by atoms with van der Waals surface area (Å²) in [5.74, 6) is -0.202. The van der Waals surface area contributed by atoms with Crippen LogP contribution >= 0.6 is 23.6 Å². The fraction of sp³-hybridized carbons (Fsp3) is 0.435. The van der Waals surface area contributed by atoms with E-state index in [1.165, 1.54) is 28.9 Å². The summed E-state index contributed by atoms with van der Waals surface area (Å²) in [5.41, 5.74) is 3.33. The van der Waals surface area contributed by atoms with Gasteiger partial charge in [-0.15, -0.1) is 11.3 Å². The monoisotopic (exact) mass is 461 g/mol. The van der Waals surface area contributed by atoms with Gasteiger partial charge in [-0.2, -0.15) is 0 Å². The van der Waals surface area contributed by atoms with Crippen LogP contribution in [0.25, 0.3) is 0 Å². The van der Waals surface area contributed by atoms with Crippen LogP contribution < -0.4 is 10.6 Å². The minimum atomic E-state index is -0.506. The molecule has 0 aliphatic carbocycles. The molecule has 6 nitrogen and oxygen atoms in total. The summed E-state index contributed by atoms with van der Waals surface area (Å²) >= 11 is 6.73. The normalized spacial score (nSPS) is 11.7. The molecule has 1 atom stereocenters. The van der Waals surface area contributed by atoms with E-state index >= 15 is 0 Å². The van der Waals surface area contributed by atoms with Crippen molar-refractivity contribution in [1.82, 2.24) is 10.2 Å². The van der Waals surface area contributed by atoms with Crippen LogP contribution in [0.1, 0.15) is 75.9 Å². The summed E-state index contributed by atoms with van der Waals surface area (Å²) in [6, 6.07) is 8.52. The van der Waals surface area contributed by atoms with Gasteiger partial charge in [0.15, 0.2) is 5.11 Å². The third-order valence-corrected chi connectivity index (χ3v) is 6.50. The van der Waals surface area contributed by atoms with Gasteiger partial charge in [0, 0.05) is 14.1 Å². The summed E-state index contributed by atoms with van der Waals surface area (Å²) in [6.45, 7) is 8.16. The zero-order chi connectivity index (χ0) is 23.3. The van der Waals surface area contributed by atoms with Crippen LogP contribution in [0.5, 0.6) is 0 Å². The zero-order valence-electron chi connectivity index (χ0n) is 19.2. The molecule has 0 aliphatic heterocycles. The molecule has 1 unspecified atom stereocenters. The molecule has 31 heavy (non-hydrogen) atoms. The van der Waals surface area contributed by atoms with Crippen molar-refractivity contribution in [2.24, 2.45) is 0 Å². The predicted octanol–water partition coefficient (Wildman–Crippen LogP) is 5.11. The number of anilines is 1. The van der Waals surface area contributed by atoms with Crippen molar-refractivity contribution in [2.75, 3.05) is 26.5 Å². The lowest BCUT2D eigenvalue weighted by atomic mass is 9.98. The van der Waals surface area contributed by atoms with Gasteiger partial charge in [-0.3, -0.25) is 4.79 Å². The number of thiophene rings is 1. The number of nitrogens with zero attached hydrogens (tertiary/aromatic N) is 1. The Morgan fingerprint density at radius 3 is 2.23 bits per heavy atom. The second kappa shape index (κ2) is 10.7. The summed E-state index contributed by atoms with van der Waals surface area (Å²) in [7, 11) is 4.67. The van der Waals surface area contributed by atoms with Gasteiger partial charge in [0.25, 0.3) is 5.91 Å². The minimum absolute atomic E-state index is 0.0201. The Hall–Kier alpha value is -2.45. The van der Waals surface area contributed by atoms with E-state index in [1.54, 1.807) is 21.0 Å². The highest BCUT2D eigenvalue weighted by atomic mass is 32.1. The van der Waals surface area contributed by atoms with Crippen molar-refractivity contribution in [3.8, 4) is 0 Å². The lowest BCUT2D eigenvalue weighted by Gasteiger charge is -2.20. The SMILES string of the molecule is CCC(NC(=S)Nc1sc(C(=O)N(C)C)c(C)c1C(=O)OC)c1ccc(C(C)C)cc1. The molecule has 0 saturated carbocycles. The van der Waals surface area contributed by atoms with Gasteiger partial charge < -0.3 is 20.3 Å². The summed E-state index contributed by atoms with van der Waals surface area (Å²) in [4.78, 5) is 26.9. The van der Waals surface area contributed by atoms with E-state index in [1.807, 2.05) is 0 Å². The maximum atomic E-state index is 12.5. The fourth-order valence-corrected chi connectivity index (χ4v) is 4.72. The van der Waals surface area contributed by atoms with Gasteiger partial charge >= 0.3 is 5.97 Å². The molecule has 0 saturated heterocycles. The highest BCUT2D eigenvalue weighted by Gasteiger charge is 2.26. The van der Waals surface area contributed by atoms with Crippen LogP contribution in [0.3, 0.4) is 0 Å². The van der Waals surface area contributed by atoms with Crippen molar-refractivity contribution in [2.45, 2.75) is 46.1 Å². The van der Waals surface area contributed by atoms with Gasteiger partial charge in [0.05, 0.1) is 23.6 Å². The molecular formula is C23H31N3O3S2. The standard InChI is InChI=1S/C23H31N3O3S2/c1-8-17(16-11-9-15(10-12-16)13(2)3)24-23(30)25-20-18(22(28)29-7)14(4)19(31-20)21(27)26(5)6/h9-13,17H,8H2,1-7H3,(H2,24,25,30). The van der Waals surface area contributed by atoms with E-state index in [2.05, 4.69) is 55.7 Å². The number of benzene rings is 1. The molecule has 2 N–H and O–H groups in total. The smallest absolute Gasteiger partial charge is 0.341 e. The molecule has 0 fully saturated rings. The predicted molar refractivity (Wildman–Crippen MR) is 131 cm³/mol. The molecule has 0 aliphatic rings. The number of hydrogen-bond donors (Lipinski definition) is 2. The number of rotatable bonds is 7. The lowest BCUT2D eigenvalue weighted by Crippen LogP contribution is -2.32. The molecule has 8 heteroatoms. The number of nitrogens with one attached hydrogen (secondary N) is 2. The van der Waals surface area contributed by atoms with E-state index in [0.717, 1.165) is 12.0 Å². The van der Waals surface area contributed by atoms with Crippen LogP contribution in [0.4, 0.5) is 5.00 Å². The van der Waals surface area contributed by atoms with Crippen molar-refractivity contribution >= 4 is 45.5 Å². The fourth-order valence-electron chi connectivity index (χ4n) is 3.19. The highest BCUT2D eigenvalue weighted by Crippen LogP contribution is 2.34. The Bertz CT molecular complexity index is 950. The first-order valence-corrected chi connectivity index (χ1v) is 11.4. The Morgan fingerprint density at radius 1 is 1.16 bits per heavy atom. The average Bonchev–Trinajstić information content (AvgIpc) is 3.06. The Balaban J connectivity index is 2.26. The van der Waals surface area contributed by atoms with Crippen LogP contribution in [-0.4, -0.2) is 43.1 Å². The molecule has 2 rings (SSSR count). The summed E-state index contributed by atoms with van der Waals surface area (Å²) in [5, 5.41) is 7.32. The van der Waals surface area contributed by atoms with Crippen LogP contribution in [0.15, 0.2) is 24.3 Å². The largest absolute Gasteiger partial charge is 0.465 e. The zero-order valence-corrected chi connectivity index (χ0v) is 20.8.